The van der Waals surface area contributed by atoms with E-state index in [0.717, 1.165) is 67.2 Å². The van der Waals surface area contributed by atoms with Gasteiger partial charge in [-0.3, -0.25) is 9.69 Å². The molecule has 35 heavy (non-hydrogen) atoms. The zero-order valence-corrected chi connectivity index (χ0v) is 22.0. The fourth-order valence-corrected chi connectivity index (χ4v) is 5.43. The maximum Gasteiger partial charge on any atom is 0.258 e. The van der Waals surface area contributed by atoms with Crippen molar-refractivity contribution in [2.45, 2.75) is 32.9 Å². The number of nitrogens with zero attached hydrogens (tertiary/aromatic N) is 3. The van der Waals surface area contributed by atoms with Gasteiger partial charge in [0, 0.05) is 55.0 Å². The van der Waals surface area contributed by atoms with Gasteiger partial charge >= 0.3 is 0 Å². The topological polar surface area (TPSA) is 36.0 Å². The first-order valence-electron chi connectivity index (χ1n) is 12.4. The van der Waals surface area contributed by atoms with E-state index in [-0.39, 0.29) is 12.0 Å². The summed E-state index contributed by atoms with van der Waals surface area (Å²) in [5.41, 5.74) is 5.37. The quantitative estimate of drug-likeness (QED) is 0.403. The van der Waals surface area contributed by atoms with Gasteiger partial charge < -0.3 is 14.5 Å². The molecule has 0 bridgehead atoms. The molecule has 1 amide bonds. The van der Waals surface area contributed by atoms with E-state index in [1.807, 2.05) is 35.2 Å². The minimum atomic E-state index is 0.0829. The number of para-hydroxylation sites is 2. The molecule has 1 fully saturated rings. The highest BCUT2D eigenvalue weighted by Gasteiger charge is 2.26. The highest BCUT2D eigenvalue weighted by atomic mass is 79.9. The molecular weight excluding hydrogens is 502 g/mol. The number of ether oxygens (including phenoxy) is 1. The lowest BCUT2D eigenvalue weighted by Crippen LogP contribution is -2.46. The van der Waals surface area contributed by atoms with E-state index in [9.17, 15) is 4.79 Å². The molecule has 0 radical (unpaired) electrons. The Labute approximate surface area is 216 Å². The molecule has 0 atom stereocenters. The highest BCUT2D eigenvalue weighted by molar-refractivity contribution is 9.10. The maximum atomic E-state index is 13.3. The lowest BCUT2D eigenvalue weighted by molar-refractivity contribution is 0.0989. The van der Waals surface area contributed by atoms with E-state index < -0.39 is 0 Å². The van der Waals surface area contributed by atoms with Crippen LogP contribution in [0.2, 0.25) is 0 Å². The number of carbonyl (C=O) groups is 1. The molecule has 3 aromatic carbocycles. The van der Waals surface area contributed by atoms with Crippen molar-refractivity contribution in [3.8, 4) is 5.75 Å². The van der Waals surface area contributed by atoms with Gasteiger partial charge in [-0.05, 0) is 73.9 Å². The Bertz CT molecular complexity index is 1200. The van der Waals surface area contributed by atoms with Gasteiger partial charge in [-0.15, -0.1) is 0 Å². The fraction of sp³-hybridized carbons (Fsp3) is 0.345. The van der Waals surface area contributed by atoms with Gasteiger partial charge in [0.1, 0.15) is 5.75 Å². The number of rotatable bonds is 6. The van der Waals surface area contributed by atoms with Gasteiger partial charge in [0.2, 0.25) is 0 Å². The van der Waals surface area contributed by atoms with Gasteiger partial charge in [-0.1, -0.05) is 40.2 Å². The van der Waals surface area contributed by atoms with Crippen LogP contribution in [-0.2, 0) is 13.0 Å². The van der Waals surface area contributed by atoms with Crippen molar-refractivity contribution >= 4 is 33.2 Å². The summed E-state index contributed by atoms with van der Waals surface area (Å²) in [5, 5.41) is 0. The van der Waals surface area contributed by atoms with Crippen molar-refractivity contribution in [3.63, 3.8) is 0 Å². The number of benzene rings is 3. The number of fused-ring (bicyclic) bond motifs is 1. The summed E-state index contributed by atoms with van der Waals surface area (Å²) in [7, 11) is 0. The SMILES string of the molecule is CC(C)Oc1ccccc1N1CCN(Cc2cccc(C(=O)N3CCc4cc(Br)ccc43)c2)CC1. The van der Waals surface area contributed by atoms with Crippen LogP contribution >= 0.6 is 15.9 Å². The Morgan fingerprint density at radius 3 is 2.51 bits per heavy atom. The summed E-state index contributed by atoms with van der Waals surface area (Å²) in [6.07, 6.45) is 1.05. The number of halogens is 1. The second kappa shape index (κ2) is 10.4. The molecule has 0 N–H and O–H groups in total. The first-order valence-corrected chi connectivity index (χ1v) is 13.2. The molecular formula is C29H32BrN3O2. The zero-order chi connectivity index (χ0) is 24.4. The van der Waals surface area contributed by atoms with Crippen LogP contribution in [0.3, 0.4) is 0 Å². The van der Waals surface area contributed by atoms with Gasteiger partial charge in [0.25, 0.3) is 5.91 Å². The van der Waals surface area contributed by atoms with E-state index in [1.54, 1.807) is 0 Å². The Balaban J connectivity index is 1.22. The smallest absolute Gasteiger partial charge is 0.258 e. The molecule has 0 aromatic heterocycles. The third-order valence-electron chi connectivity index (χ3n) is 6.70. The monoisotopic (exact) mass is 533 g/mol. The van der Waals surface area contributed by atoms with Crippen molar-refractivity contribution in [3.05, 3.63) is 87.9 Å². The third-order valence-corrected chi connectivity index (χ3v) is 7.20. The third kappa shape index (κ3) is 5.39. The Morgan fingerprint density at radius 1 is 0.914 bits per heavy atom. The van der Waals surface area contributed by atoms with Crippen LogP contribution in [0.15, 0.2) is 71.2 Å². The molecule has 5 rings (SSSR count). The second-order valence-corrected chi connectivity index (χ2v) is 10.5. The predicted molar refractivity (Wildman–Crippen MR) is 146 cm³/mol. The number of piperazine rings is 1. The Kier molecular flexibility index (Phi) is 7.12. The van der Waals surface area contributed by atoms with Gasteiger partial charge in [-0.2, -0.15) is 0 Å². The van der Waals surface area contributed by atoms with Crippen molar-refractivity contribution in [2.75, 3.05) is 42.5 Å². The lowest BCUT2D eigenvalue weighted by Gasteiger charge is -2.37. The lowest BCUT2D eigenvalue weighted by atomic mass is 10.1. The molecule has 0 aliphatic carbocycles. The standard InChI is InChI=1S/C29H32BrN3O2/c1-21(2)35-28-9-4-3-8-27(28)32-16-14-31(15-17-32)20-22-6-5-7-24(18-22)29(34)33-13-12-23-19-25(30)10-11-26(23)33/h3-11,18-19,21H,12-17,20H2,1-2H3. The van der Waals surface area contributed by atoms with Crippen molar-refractivity contribution in [1.82, 2.24) is 4.90 Å². The number of hydrogen-bond acceptors (Lipinski definition) is 4. The molecule has 5 nitrogen and oxygen atoms in total. The molecule has 2 aliphatic rings. The fourth-order valence-electron chi connectivity index (χ4n) is 5.02. The summed E-state index contributed by atoms with van der Waals surface area (Å²) in [5.74, 6) is 1.04. The Morgan fingerprint density at radius 2 is 1.71 bits per heavy atom. The van der Waals surface area contributed by atoms with E-state index in [0.29, 0.717) is 0 Å². The zero-order valence-electron chi connectivity index (χ0n) is 20.4. The van der Waals surface area contributed by atoms with E-state index >= 15 is 0 Å². The molecule has 0 unspecified atom stereocenters. The van der Waals surface area contributed by atoms with Crippen LogP contribution in [0.1, 0.15) is 35.3 Å². The number of hydrogen-bond donors (Lipinski definition) is 0. The van der Waals surface area contributed by atoms with Gasteiger partial charge in [-0.25, -0.2) is 0 Å². The summed E-state index contributed by atoms with van der Waals surface area (Å²) < 4.78 is 7.09. The molecule has 2 aliphatic heterocycles. The molecule has 182 valence electrons. The van der Waals surface area contributed by atoms with E-state index in [1.165, 1.54) is 16.8 Å². The maximum absolute atomic E-state index is 13.3. The average Bonchev–Trinajstić information content (AvgIpc) is 3.27. The summed E-state index contributed by atoms with van der Waals surface area (Å²) in [6, 6.07) is 22.6. The first-order chi connectivity index (χ1) is 17.0. The minimum Gasteiger partial charge on any atom is -0.489 e. The molecule has 1 saturated heterocycles. The summed E-state index contributed by atoms with van der Waals surface area (Å²) in [6.45, 7) is 9.57. The normalized spacial score (nSPS) is 16.0. The average molecular weight is 534 g/mol. The molecule has 0 spiro atoms. The summed E-state index contributed by atoms with van der Waals surface area (Å²) in [4.78, 5) is 20.1. The van der Waals surface area contributed by atoms with Crippen LogP contribution in [0, 0.1) is 0 Å². The molecule has 6 heteroatoms. The van der Waals surface area contributed by atoms with Crippen LogP contribution in [0.25, 0.3) is 0 Å². The first kappa shape index (κ1) is 23.9. The van der Waals surface area contributed by atoms with Crippen LogP contribution in [-0.4, -0.2) is 49.6 Å². The van der Waals surface area contributed by atoms with Gasteiger partial charge in [0.15, 0.2) is 0 Å². The van der Waals surface area contributed by atoms with Crippen molar-refractivity contribution < 1.29 is 9.53 Å². The summed E-state index contributed by atoms with van der Waals surface area (Å²) >= 11 is 3.54. The number of anilines is 2. The van der Waals surface area contributed by atoms with Crippen LogP contribution in [0.5, 0.6) is 5.75 Å². The molecule has 2 heterocycles. The van der Waals surface area contributed by atoms with Crippen LogP contribution < -0.4 is 14.5 Å². The highest BCUT2D eigenvalue weighted by Crippen LogP contribution is 2.32. The number of amides is 1. The Hall–Kier alpha value is -2.83. The van der Waals surface area contributed by atoms with E-state index in [4.69, 9.17) is 4.74 Å². The van der Waals surface area contributed by atoms with Crippen molar-refractivity contribution in [1.29, 1.82) is 0 Å². The van der Waals surface area contributed by atoms with Crippen LogP contribution in [0.4, 0.5) is 11.4 Å². The largest absolute Gasteiger partial charge is 0.489 e. The molecule has 3 aromatic rings. The number of carbonyl (C=O) groups excluding carboxylic acids is 1. The van der Waals surface area contributed by atoms with Gasteiger partial charge in [0.05, 0.1) is 11.8 Å². The second-order valence-electron chi connectivity index (χ2n) is 9.58. The van der Waals surface area contributed by atoms with Crippen molar-refractivity contribution in [2.24, 2.45) is 0 Å². The predicted octanol–water partition coefficient (Wildman–Crippen LogP) is 5.76. The minimum absolute atomic E-state index is 0.0829. The van der Waals surface area contributed by atoms with E-state index in [2.05, 4.69) is 76.0 Å². The molecule has 0 saturated carbocycles.